The summed E-state index contributed by atoms with van der Waals surface area (Å²) >= 11 is 1.71. The predicted octanol–water partition coefficient (Wildman–Crippen LogP) is 3.08. The van der Waals surface area contributed by atoms with Crippen molar-refractivity contribution in [2.75, 3.05) is 0 Å². The van der Waals surface area contributed by atoms with Crippen LogP contribution in [-0.4, -0.2) is 10.1 Å². The Bertz CT molecular complexity index is 565. The monoisotopic (exact) mass is 275 g/mol. The molecule has 100 valence electrons. The van der Waals surface area contributed by atoms with Crippen LogP contribution in [0.15, 0.2) is 33.7 Å². The van der Waals surface area contributed by atoms with Crippen LogP contribution in [0.5, 0.6) is 0 Å². The van der Waals surface area contributed by atoms with Gasteiger partial charge in [-0.05, 0) is 37.8 Å². The van der Waals surface area contributed by atoms with Crippen LogP contribution in [0.2, 0.25) is 0 Å². The highest BCUT2D eigenvalue weighted by Gasteiger charge is 2.33. The van der Waals surface area contributed by atoms with Crippen LogP contribution in [0, 0.1) is 12.8 Å². The number of hydrogen-bond acceptors (Lipinski definition) is 5. The van der Waals surface area contributed by atoms with Gasteiger partial charge in [0.2, 0.25) is 5.89 Å². The van der Waals surface area contributed by atoms with Gasteiger partial charge in [-0.1, -0.05) is 22.9 Å². The van der Waals surface area contributed by atoms with Gasteiger partial charge >= 0.3 is 0 Å². The van der Waals surface area contributed by atoms with Gasteiger partial charge in [0, 0.05) is 4.90 Å². The molecule has 0 radical (unpaired) electrons. The lowest BCUT2D eigenvalue weighted by Gasteiger charge is -2.01. The fourth-order valence-electron chi connectivity index (χ4n) is 1.97. The molecule has 19 heavy (non-hydrogen) atoms. The standard InChI is InChI=1S/C14H17N3OS/c1-9-3-2-4-11(7-9)19-8-12-16-14(18-17-12)13(15)10-5-6-10/h2-4,7,10,13H,5-6,8,15H2,1H3. The average Bonchev–Trinajstić information content (AvgIpc) is 3.14. The van der Waals surface area contributed by atoms with E-state index in [1.165, 1.54) is 23.3 Å². The van der Waals surface area contributed by atoms with E-state index in [0.717, 1.165) is 5.82 Å². The quantitative estimate of drug-likeness (QED) is 0.849. The molecule has 2 aromatic rings. The van der Waals surface area contributed by atoms with Crippen LogP contribution in [0.25, 0.3) is 0 Å². The van der Waals surface area contributed by atoms with Gasteiger partial charge in [-0.15, -0.1) is 11.8 Å². The fourth-order valence-corrected chi connectivity index (χ4v) is 2.83. The first-order valence-corrected chi connectivity index (χ1v) is 7.48. The Balaban J connectivity index is 1.61. The number of hydrogen-bond donors (Lipinski definition) is 1. The van der Waals surface area contributed by atoms with Crippen LogP contribution in [0.4, 0.5) is 0 Å². The lowest BCUT2D eigenvalue weighted by molar-refractivity contribution is 0.341. The Morgan fingerprint density at radius 3 is 3.05 bits per heavy atom. The summed E-state index contributed by atoms with van der Waals surface area (Å²) in [7, 11) is 0. The van der Waals surface area contributed by atoms with E-state index in [0.29, 0.717) is 17.6 Å². The molecule has 1 aromatic carbocycles. The zero-order valence-corrected chi connectivity index (χ0v) is 11.7. The Morgan fingerprint density at radius 1 is 1.47 bits per heavy atom. The smallest absolute Gasteiger partial charge is 0.243 e. The molecule has 3 rings (SSSR count). The van der Waals surface area contributed by atoms with Gasteiger partial charge in [0.05, 0.1) is 11.8 Å². The van der Waals surface area contributed by atoms with Crippen molar-refractivity contribution >= 4 is 11.8 Å². The number of thioether (sulfide) groups is 1. The summed E-state index contributed by atoms with van der Waals surface area (Å²) in [4.78, 5) is 5.61. The summed E-state index contributed by atoms with van der Waals surface area (Å²) in [6.07, 6.45) is 2.36. The summed E-state index contributed by atoms with van der Waals surface area (Å²) in [5.74, 6) is 2.56. The molecule has 0 bridgehead atoms. The van der Waals surface area contributed by atoms with E-state index < -0.39 is 0 Å². The number of benzene rings is 1. The molecule has 0 saturated heterocycles. The highest BCUT2D eigenvalue weighted by molar-refractivity contribution is 7.98. The zero-order valence-electron chi connectivity index (χ0n) is 10.9. The molecule has 4 nitrogen and oxygen atoms in total. The van der Waals surface area contributed by atoms with E-state index in [1.807, 2.05) is 0 Å². The third kappa shape index (κ3) is 3.16. The Hall–Kier alpha value is -1.33. The fraction of sp³-hybridized carbons (Fsp3) is 0.429. The first-order valence-electron chi connectivity index (χ1n) is 6.50. The van der Waals surface area contributed by atoms with E-state index in [4.69, 9.17) is 10.3 Å². The topological polar surface area (TPSA) is 64.9 Å². The Kier molecular flexibility index (Phi) is 3.57. The molecule has 0 spiro atoms. The minimum absolute atomic E-state index is 0.0785. The Morgan fingerprint density at radius 2 is 2.32 bits per heavy atom. The van der Waals surface area contributed by atoms with E-state index in [9.17, 15) is 0 Å². The maximum Gasteiger partial charge on any atom is 0.243 e. The molecule has 1 aliphatic rings. The third-order valence-electron chi connectivity index (χ3n) is 3.26. The summed E-state index contributed by atoms with van der Waals surface area (Å²) in [5.41, 5.74) is 7.30. The second-order valence-electron chi connectivity index (χ2n) is 5.02. The molecule has 1 aliphatic carbocycles. The second-order valence-corrected chi connectivity index (χ2v) is 6.07. The normalized spacial score (nSPS) is 16.5. The van der Waals surface area contributed by atoms with Gasteiger partial charge < -0.3 is 10.3 Å². The first kappa shape index (κ1) is 12.7. The van der Waals surface area contributed by atoms with Crippen LogP contribution in [0.3, 0.4) is 0 Å². The van der Waals surface area contributed by atoms with Gasteiger partial charge in [-0.25, -0.2) is 0 Å². The summed E-state index contributed by atoms with van der Waals surface area (Å²) in [6.45, 7) is 2.09. The van der Waals surface area contributed by atoms with Crippen LogP contribution in [0.1, 0.15) is 36.2 Å². The molecule has 1 fully saturated rings. The van der Waals surface area contributed by atoms with E-state index in [2.05, 4.69) is 41.3 Å². The molecule has 1 heterocycles. The van der Waals surface area contributed by atoms with Gasteiger partial charge in [-0.2, -0.15) is 4.98 Å². The number of aromatic nitrogens is 2. The van der Waals surface area contributed by atoms with Crippen molar-refractivity contribution in [1.82, 2.24) is 10.1 Å². The lowest BCUT2D eigenvalue weighted by Crippen LogP contribution is -2.12. The van der Waals surface area contributed by atoms with Crippen molar-refractivity contribution in [3.05, 3.63) is 41.5 Å². The van der Waals surface area contributed by atoms with Gasteiger partial charge in [0.25, 0.3) is 0 Å². The molecule has 1 atom stereocenters. The molecule has 1 aromatic heterocycles. The number of nitrogens with two attached hydrogens (primary N) is 1. The van der Waals surface area contributed by atoms with E-state index >= 15 is 0 Å². The number of aryl methyl sites for hydroxylation is 1. The minimum Gasteiger partial charge on any atom is -0.338 e. The van der Waals surface area contributed by atoms with Gasteiger partial charge in [-0.3, -0.25) is 0 Å². The summed E-state index contributed by atoms with van der Waals surface area (Å²) in [6, 6.07) is 8.31. The van der Waals surface area contributed by atoms with Crippen LogP contribution < -0.4 is 5.73 Å². The predicted molar refractivity (Wildman–Crippen MR) is 74.7 cm³/mol. The maximum atomic E-state index is 6.04. The largest absolute Gasteiger partial charge is 0.338 e. The van der Waals surface area contributed by atoms with E-state index in [-0.39, 0.29) is 6.04 Å². The highest BCUT2D eigenvalue weighted by atomic mass is 32.2. The molecule has 5 heteroatoms. The van der Waals surface area contributed by atoms with Crippen molar-refractivity contribution in [3.63, 3.8) is 0 Å². The van der Waals surface area contributed by atoms with Crippen molar-refractivity contribution in [3.8, 4) is 0 Å². The molecular weight excluding hydrogens is 258 g/mol. The first-order chi connectivity index (χ1) is 9.22. The molecular formula is C14H17N3OS. The average molecular weight is 275 g/mol. The molecule has 0 aliphatic heterocycles. The van der Waals surface area contributed by atoms with Crippen LogP contribution in [-0.2, 0) is 5.75 Å². The third-order valence-corrected chi connectivity index (χ3v) is 4.25. The minimum atomic E-state index is -0.0785. The number of rotatable bonds is 5. The van der Waals surface area contributed by atoms with Gasteiger partial charge in [0.1, 0.15) is 0 Å². The Labute approximate surface area is 116 Å². The molecule has 2 N–H and O–H groups in total. The second kappa shape index (κ2) is 5.35. The summed E-state index contributed by atoms with van der Waals surface area (Å²) in [5, 5.41) is 4.00. The number of nitrogens with zero attached hydrogens (tertiary/aromatic N) is 2. The van der Waals surface area contributed by atoms with Gasteiger partial charge in [0.15, 0.2) is 5.82 Å². The molecule has 1 unspecified atom stereocenters. The molecule has 1 saturated carbocycles. The molecule has 0 amide bonds. The van der Waals surface area contributed by atoms with Crippen molar-refractivity contribution in [2.24, 2.45) is 11.7 Å². The van der Waals surface area contributed by atoms with Crippen LogP contribution >= 0.6 is 11.8 Å². The van der Waals surface area contributed by atoms with E-state index in [1.54, 1.807) is 11.8 Å². The lowest BCUT2D eigenvalue weighted by atomic mass is 10.2. The maximum absolute atomic E-state index is 6.04. The van der Waals surface area contributed by atoms with Crippen molar-refractivity contribution in [1.29, 1.82) is 0 Å². The van der Waals surface area contributed by atoms with Crippen molar-refractivity contribution < 1.29 is 4.52 Å². The summed E-state index contributed by atoms with van der Waals surface area (Å²) < 4.78 is 5.24. The highest BCUT2D eigenvalue weighted by Crippen LogP contribution is 2.38. The zero-order chi connectivity index (χ0) is 13.2. The SMILES string of the molecule is Cc1cccc(SCc2noc(C(N)C3CC3)n2)c1. The van der Waals surface area contributed by atoms with Crippen molar-refractivity contribution in [2.45, 2.75) is 36.5 Å².